The summed E-state index contributed by atoms with van der Waals surface area (Å²) in [5.41, 5.74) is 1.79. The van der Waals surface area contributed by atoms with Gasteiger partial charge in [-0.05, 0) is 36.4 Å². The first-order chi connectivity index (χ1) is 10.3. The molecule has 2 aromatic rings. The number of fused-ring (bicyclic) bond motifs is 1. The van der Waals surface area contributed by atoms with Crippen LogP contribution in [0.3, 0.4) is 0 Å². The van der Waals surface area contributed by atoms with Gasteiger partial charge in [0.25, 0.3) is 0 Å². The second kappa shape index (κ2) is 6.10. The number of nitrogens with zero attached hydrogens (tertiary/aromatic N) is 1. The van der Waals surface area contributed by atoms with Gasteiger partial charge >= 0.3 is 0 Å². The van der Waals surface area contributed by atoms with Gasteiger partial charge in [0, 0.05) is 0 Å². The molecule has 0 aliphatic carbocycles. The molecule has 1 aliphatic heterocycles. The Morgan fingerprint density at radius 1 is 1.19 bits per heavy atom. The molecule has 1 aromatic carbocycles. The van der Waals surface area contributed by atoms with Crippen molar-refractivity contribution in [3.8, 4) is 11.5 Å². The van der Waals surface area contributed by atoms with Gasteiger partial charge in [0.15, 0.2) is 11.5 Å². The van der Waals surface area contributed by atoms with Gasteiger partial charge in [0.1, 0.15) is 19.0 Å². The minimum Gasteiger partial charge on any atom is -0.486 e. The average Bonchev–Trinajstić information content (AvgIpc) is 2.53. The standard InChI is InChI=1S/C16H17FN2O2/c1-2-18-16(13-5-4-12(17)10-19-13)11-3-6-14-15(9-11)21-8-7-20-14/h3-6,9-10,16,18H,2,7-8H2,1H3. The Labute approximate surface area is 122 Å². The van der Waals surface area contributed by atoms with Crippen LogP contribution in [0.25, 0.3) is 0 Å². The number of nitrogens with one attached hydrogen (secondary N) is 1. The van der Waals surface area contributed by atoms with E-state index in [1.165, 1.54) is 12.3 Å². The van der Waals surface area contributed by atoms with Crippen LogP contribution in [0, 0.1) is 5.82 Å². The first-order valence-electron chi connectivity index (χ1n) is 7.02. The molecule has 2 heterocycles. The summed E-state index contributed by atoms with van der Waals surface area (Å²) in [4.78, 5) is 4.18. The molecule has 4 nitrogen and oxygen atoms in total. The van der Waals surface area contributed by atoms with Crippen molar-refractivity contribution in [3.05, 3.63) is 53.6 Å². The van der Waals surface area contributed by atoms with Crippen LogP contribution in [-0.2, 0) is 0 Å². The second-order valence-electron chi connectivity index (χ2n) is 4.80. The van der Waals surface area contributed by atoms with Crippen LogP contribution in [0.2, 0.25) is 0 Å². The largest absolute Gasteiger partial charge is 0.486 e. The highest BCUT2D eigenvalue weighted by Gasteiger charge is 2.18. The number of halogens is 1. The van der Waals surface area contributed by atoms with Crippen molar-refractivity contribution in [2.45, 2.75) is 13.0 Å². The molecule has 0 amide bonds. The third-order valence-electron chi connectivity index (χ3n) is 3.35. The van der Waals surface area contributed by atoms with Crippen LogP contribution in [0.1, 0.15) is 24.2 Å². The minimum atomic E-state index is -0.337. The van der Waals surface area contributed by atoms with Crippen molar-refractivity contribution in [1.82, 2.24) is 10.3 Å². The van der Waals surface area contributed by atoms with Gasteiger partial charge < -0.3 is 14.8 Å². The lowest BCUT2D eigenvalue weighted by Crippen LogP contribution is -2.23. The fourth-order valence-electron chi connectivity index (χ4n) is 2.39. The molecule has 0 spiro atoms. The van der Waals surface area contributed by atoms with E-state index in [1.54, 1.807) is 6.07 Å². The Hall–Kier alpha value is -2.14. The Balaban J connectivity index is 1.95. The minimum absolute atomic E-state index is 0.105. The predicted molar refractivity (Wildman–Crippen MR) is 77.1 cm³/mol. The van der Waals surface area contributed by atoms with Crippen molar-refractivity contribution in [3.63, 3.8) is 0 Å². The van der Waals surface area contributed by atoms with Crippen LogP contribution in [0.15, 0.2) is 36.5 Å². The zero-order valence-electron chi connectivity index (χ0n) is 11.8. The summed E-state index contributed by atoms with van der Waals surface area (Å²) in [6.45, 7) is 3.92. The molecule has 1 unspecified atom stereocenters. The number of benzene rings is 1. The molecule has 21 heavy (non-hydrogen) atoms. The Bertz CT molecular complexity index is 616. The third-order valence-corrected chi connectivity index (χ3v) is 3.35. The first kappa shape index (κ1) is 13.8. The summed E-state index contributed by atoms with van der Waals surface area (Å²) in [7, 11) is 0. The monoisotopic (exact) mass is 288 g/mol. The Kier molecular flexibility index (Phi) is 4.01. The molecule has 1 aromatic heterocycles. The number of rotatable bonds is 4. The third kappa shape index (κ3) is 2.97. The van der Waals surface area contributed by atoms with E-state index in [-0.39, 0.29) is 11.9 Å². The normalized spacial score (nSPS) is 14.8. The molecular weight excluding hydrogens is 271 g/mol. The zero-order chi connectivity index (χ0) is 14.7. The van der Waals surface area contributed by atoms with E-state index in [2.05, 4.69) is 10.3 Å². The van der Waals surface area contributed by atoms with E-state index in [1.807, 2.05) is 25.1 Å². The molecule has 0 bridgehead atoms. The van der Waals surface area contributed by atoms with Crippen LogP contribution in [0.4, 0.5) is 4.39 Å². The van der Waals surface area contributed by atoms with Gasteiger partial charge in [-0.25, -0.2) is 4.39 Å². The van der Waals surface area contributed by atoms with Crippen LogP contribution in [-0.4, -0.2) is 24.7 Å². The summed E-state index contributed by atoms with van der Waals surface area (Å²) in [6.07, 6.45) is 1.23. The summed E-state index contributed by atoms with van der Waals surface area (Å²) < 4.78 is 24.2. The van der Waals surface area contributed by atoms with Crippen molar-refractivity contribution in [1.29, 1.82) is 0 Å². The molecule has 3 rings (SSSR count). The second-order valence-corrected chi connectivity index (χ2v) is 4.80. The maximum absolute atomic E-state index is 13.0. The molecule has 0 radical (unpaired) electrons. The lowest BCUT2D eigenvalue weighted by Gasteiger charge is -2.22. The SMILES string of the molecule is CCNC(c1ccc2c(c1)OCCO2)c1ccc(F)cn1. The zero-order valence-corrected chi connectivity index (χ0v) is 11.8. The number of aromatic nitrogens is 1. The lowest BCUT2D eigenvalue weighted by atomic mass is 10.0. The highest BCUT2D eigenvalue weighted by molar-refractivity contribution is 5.46. The molecule has 110 valence electrons. The van der Waals surface area contributed by atoms with Crippen LogP contribution >= 0.6 is 0 Å². The van der Waals surface area contributed by atoms with Crippen LogP contribution in [0.5, 0.6) is 11.5 Å². The topological polar surface area (TPSA) is 43.4 Å². The Morgan fingerprint density at radius 2 is 2.00 bits per heavy atom. The van der Waals surface area contributed by atoms with Crippen molar-refractivity contribution in [2.75, 3.05) is 19.8 Å². The number of hydrogen-bond donors (Lipinski definition) is 1. The summed E-state index contributed by atoms with van der Waals surface area (Å²) in [6, 6.07) is 8.84. The van der Waals surface area contributed by atoms with Gasteiger partial charge in [-0.2, -0.15) is 0 Å². The molecule has 0 saturated carbocycles. The number of hydrogen-bond acceptors (Lipinski definition) is 4. The quantitative estimate of drug-likeness (QED) is 0.939. The van der Waals surface area contributed by atoms with Gasteiger partial charge in [-0.15, -0.1) is 0 Å². The fraction of sp³-hybridized carbons (Fsp3) is 0.312. The van der Waals surface area contributed by atoms with Gasteiger partial charge in [-0.1, -0.05) is 13.0 Å². The van der Waals surface area contributed by atoms with E-state index in [0.717, 1.165) is 29.3 Å². The summed E-state index contributed by atoms with van der Waals surface area (Å²) >= 11 is 0. The highest BCUT2D eigenvalue weighted by Crippen LogP contribution is 2.33. The number of pyridine rings is 1. The predicted octanol–water partition coefficient (Wildman–Crippen LogP) is 2.69. The van der Waals surface area contributed by atoms with E-state index >= 15 is 0 Å². The van der Waals surface area contributed by atoms with Crippen molar-refractivity contribution < 1.29 is 13.9 Å². The maximum Gasteiger partial charge on any atom is 0.161 e. The molecule has 1 N–H and O–H groups in total. The van der Waals surface area contributed by atoms with E-state index < -0.39 is 0 Å². The molecule has 0 saturated heterocycles. The first-order valence-corrected chi connectivity index (χ1v) is 7.02. The summed E-state index contributed by atoms with van der Waals surface area (Å²) in [5.74, 6) is 1.16. The highest BCUT2D eigenvalue weighted by atomic mass is 19.1. The van der Waals surface area contributed by atoms with Gasteiger partial charge in [0.05, 0.1) is 17.9 Å². The molecular formula is C16H17FN2O2. The number of ether oxygens (including phenoxy) is 2. The average molecular weight is 288 g/mol. The maximum atomic E-state index is 13.0. The van der Waals surface area contributed by atoms with Crippen molar-refractivity contribution >= 4 is 0 Å². The van der Waals surface area contributed by atoms with E-state index in [4.69, 9.17) is 9.47 Å². The molecule has 1 atom stereocenters. The molecule has 1 aliphatic rings. The lowest BCUT2D eigenvalue weighted by molar-refractivity contribution is 0.171. The van der Waals surface area contributed by atoms with Crippen molar-refractivity contribution in [2.24, 2.45) is 0 Å². The summed E-state index contributed by atoms with van der Waals surface area (Å²) in [5, 5.41) is 3.36. The van der Waals surface area contributed by atoms with E-state index in [0.29, 0.717) is 13.2 Å². The smallest absolute Gasteiger partial charge is 0.161 e. The van der Waals surface area contributed by atoms with Crippen LogP contribution < -0.4 is 14.8 Å². The van der Waals surface area contributed by atoms with E-state index in [9.17, 15) is 4.39 Å². The Morgan fingerprint density at radius 3 is 2.71 bits per heavy atom. The molecule has 0 fully saturated rings. The van der Waals surface area contributed by atoms with Gasteiger partial charge in [0.2, 0.25) is 0 Å². The van der Waals surface area contributed by atoms with Gasteiger partial charge in [-0.3, -0.25) is 4.98 Å². The molecule has 5 heteroatoms. The fourth-order valence-corrected chi connectivity index (χ4v) is 2.39.